The Kier molecular flexibility index (Phi) is 3.60. The van der Waals surface area contributed by atoms with Crippen molar-refractivity contribution in [1.29, 1.82) is 0 Å². The van der Waals surface area contributed by atoms with Crippen LogP contribution < -0.4 is 0 Å². The molecular formula is C12H11Cl2NO2. The van der Waals surface area contributed by atoms with Crippen LogP contribution >= 0.6 is 23.2 Å². The van der Waals surface area contributed by atoms with Gasteiger partial charge >= 0.3 is 5.97 Å². The number of fused-ring (bicyclic) bond motifs is 1. The molecule has 0 aliphatic carbocycles. The summed E-state index contributed by atoms with van der Waals surface area (Å²) < 4.78 is 4.61. The summed E-state index contributed by atoms with van der Waals surface area (Å²) in [7, 11) is 1.38. The van der Waals surface area contributed by atoms with Crippen molar-refractivity contribution in [3.05, 3.63) is 33.9 Å². The van der Waals surface area contributed by atoms with Crippen molar-refractivity contribution in [3.8, 4) is 0 Å². The van der Waals surface area contributed by atoms with Gasteiger partial charge in [-0.3, -0.25) is 4.79 Å². The lowest BCUT2D eigenvalue weighted by Crippen LogP contribution is -2.01. The van der Waals surface area contributed by atoms with E-state index < -0.39 is 0 Å². The summed E-state index contributed by atoms with van der Waals surface area (Å²) in [6, 6.07) is 3.49. The van der Waals surface area contributed by atoms with E-state index in [-0.39, 0.29) is 5.97 Å². The number of carbonyl (C=O) groups is 1. The molecule has 5 heteroatoms. The third-order valence-electron chi connectivity index (χ3n) is 2.64. The zero-order valence-corrected chi connectivity index (χ0v) is 10.7. The summed E-state index contributed by atoms with van der Waals surface area (Å²) in [6.07, 6.45) is 2.73. The van der Waals surface area contributed by atoms with E-state index in [2.05, 4.69) is 9.72 Å². The third kappa shape index (κ3) is 2.40. The van der Waals surface area contributed by atoms with Crippen LogP contribution in [0.2, 0.25) is 10.0 Å². The number of carbonyl (C=O) groups excluding carboxylic acids is 1. The van der Waals surface area contributed by atoms with Gasteiger partial charge in [0.25, 0.3) is 0 Å². The lowest BCUT2D eigenvalue weighted by molar-refractivity contribution is -0.140. The van der Waals surface area contributed by atoms with E-state index in [4.69, 9.17) is 23.2 Å². The Balaban J connectivity index is 2.35. The molecule has 0 amide bonds. The van der Waals surface area contributed by atoms with E-state index in [1.54, 1.807) is 12.1 Å². The Bertz CT molecular complexity index is 563. The summed E-state index contributed by atoms with van der Waals surface area (Å²) in [5, 5.41) is 2.13. The van der Waals surface area contributed by atoms with Gasteiger partial charge in [0.15, 0.2) is 0 Å². The molecule has 1 aromatic carbocycles. The smallest absolute Gasteiger partial charge is 0.305 e. The molecule has 3 nitrogen and oxygen atoms in total. The number of H-pyrrole nitrogens is 1. The fraction of sp³-hybridized carbons (Fsp3) is 0.250. The number of nitrogens with one attached hydrogen (secondary N) is 1. The Morgan fingerprint density at radius 1 is 1.35 bits per heavy atom. The summed E-state index contributed by atoms with van der Waals surface area (Å²) in [5.74, 6) is -0.238. The molecule has 0 radical (unpaired) electrons. The van der Waals surface area contributed by atoms with Gasteiger partial charge in [-0.1, -0.05) is 23.2 Å². The van der Waals surface area contributed by atoms with E-state index >= 15 is 0 Å². The SMILES string of the molecule is COC(=O)CCc1c[nH]c2c(Cl)ccc(Cl)c12. The minimum atomic E-state index is -0.238. The highest BCUT2D eigenvalue weighted by molar-refractivity contribution is 6.40. The van der Waals surface area contributed by atoms with Gasteiger partial charge in [0.1, 0.15) is 0 Å². The topological polar surface area (TPSA) is 42.1 Å². The molecule has 1 aromatic heterocycles. The summed E-state index contributed by atoms with van der Waals surface area (Å²) in [5.41, 5.74) is 1.77. The van der Waals surface area contributed by atoms with E-state index in [0.717, 1.165) is 16.5 Å². The molecule has 0 saturated heterocycles. The summed E-state index contributed by atoms with van der Waals surface area (Å²) in [4.78, 5) is 14.2. The van der Waals surface area contributed by atoms with Crippen LogP contribution in [0.15, 0.2) is 18.3 Å². The predicted octanol–water partition coefficient (Wildman–Crippen LogP) is 3.58. The first kappa shape index (κ1) is 12.3. The van der Waals surface area contributed by atoms with Gasteiger partial charge in [0, 0.05) is 18.0 Å². The molecule has 90 valence electrons. The second kappa shape index (κ2) is 4.98. The van der Waals surface area contributed by atoms with Gasteiger partial charge in [-0.2, -0.15) is 0 Å². The fourth-order valence-corrected chi connectivity index (χ4v) is 2.27. The largest absolute Gasteiger partial charge is 0.469 e. The third-order valence-corrected chi connectivity index (χ3v) is 3.27. The molecule has 17 heavy (non-hydrogen) atoms. The van der Waals surface area contributed by atoms with Crippen molar-refractivity contribution >= 4 is 40.1 Å². The molecule has 0 unspecified atom stereocenters. The second-order valence-electron chi connectivity index (χ2n) is 3.67. The normalized spacial score (nSPS) is 10.8. The molecule has 0 aliphatic heterocycles. The van der Waals surface area contributed by atoms with Gasteiger partial charge in [-0.05, 0) is 24.1 Å². The number of aryl methyl sites for hydroxylation is 1. The van der Waals surface area contributed by atoms with Crippen LogP contribution in [0.3, 0.4) is 0 Å². The van der Waals surface area contributed by atoms with Crippen molar-refractivity contribution in [1.82, 2.24) is 4.98 Å². The monoisotopic (exact) mass is 271 g/mol. The van der Waals surface area contributed by atoms with Gasteiger partial charge in [0.2, 0.25) is 0 Å². The number of methoxy groups -OCH3 is 1. The Hall–Kier alpha value is -1.19. The maximum Gasteiger partial charge on any atom is 0.305 e. The zero-order chi connectivity index (χ0) is 12.4. The molecule has 2 aromatic rings. The van der Waals surface area contributed by atoms with Crippen molar-refractivity contribution in [2.24, 2.45) is 0 Å². The lowest BCUT2D eigenvalue weighted by Gasteiger charge is -2.01. The molecule has 0 spiro atoms. The van der Waals surface area contributed by atoms with E-state index in [0.29, 0.717) is 22.9 Å². The molecular weight excluding hydrogens is 261 g/mol. The Labute approximate surface area is 109 Å². The maximum absolute atomic E-state index is 11.1. The molecule has 0 aliphatic rings. The van der Waals surface area contributed by atoms with Gasteiger partial charge < -0.3 is 9.72 Å². The number of hydrogen-bond acceptors (Lipinski definition) is 2. The lowest BCUT2D eigenvalue weighted by atomic mass is 10.1. The highest BCUT2D eigenvalue weighted by atomic mass is 35.5. The van der Waals surface area contributed by atoms with Crippen LogP contribution in [-0.4, -0.2) is 18.1 Å². The van der Waals surface area contributed by atoms with E-state index in [9.17, 15) is 4.79 Å². The first-order valence-corrected chi connectivity index (χ1v) is 5.90. The molecule has 0 bridgehead atoms. The first-order chi connectivity index (χ1) is 8.13. The molecule has 0 fully saturated rings. The molecule has 1 heterocycles. The highest BCUT2D eigenvalue weighted by Gasteiger charge is 2.11. The first-order valence-electron chi connectivity index (χ1n) is 5.14. The van der Waals surface area contributed by atoms with Crippen LogP contribution in [0, 0.1) is 0 Å². The summed E-state index contributed by atoms with van der Waals surface area (Å²) in [6.45, 7) is 0. The van der Waals surface area contributed by atoms with E-state index in [1.807, 2.05) is 6.20 Å². The van der Waals surface area contributed by atoms with Crippen LogP contribution in [0.25, 0.3) is 10.9 Å². The standard InChI is InChI=1S/C12H11Cl2NO2/c1-17-10(16)5-2-7-6-15-12-9(14)4-3-8(13)11(7)12/h3-4,6,15H,2,5H2,1H3. The minimum absolute atomic E-state index is 0.238. The average Bonchev–Trinajstić information content (AvgIpc) is 2.76. The number of aromatic amines is 1. The molecule has 1 N–H and O–H groups in total. The number of rotatable bonds is 3. The highest BCUT2D eigenvalue weighted by Crippen LogP contribution is 2.32. The Morgan fingerprint density at radius 2 is 2.06 bits per heavy atom. The van der Waals surface area contributed by atoms with Crippen molar-refractivity contribution in [3.63, 3.8) is 0 Å². The molecule has 0 saturated carbocycles. The van der Waals surface area contributed by atoms with Gasteiger partial charge in [-0.15, -0.1) is 0 Å². The number of halogens is 2. The predicted molar refractivity (Wildman–Crippen MR) is 68.7 cm³/mol. The fourth-order valence-electron chi connectivity index (χ4n) is 1.77. The Morgan fingerprint density at radius 3 is 2.76 bits per heavy atom. The van der Waals surface area contributed by atoms with Crippen LogP contribution in [0.5, 0.6) is 0 Å². The minimum Gasteiger partial charge on any atom is -0.469 e. The number of benzene rings is 1. The van der Waals surface area contributed by atoms with Crippen LogP contribution in [-0.2, 0) is 16.0 Å². The van der Waals surface area contributed by atoms with E-state index in [1.165, 1.54) is 7.11 Å². The number of ether oxygens (including phenoxy) is 1. The molecule has 0 atom stereocenters. The number of hydrogen-bond donors (Lipinski definition) is 1. The summed E-state index contributed by atoms with van der Waals surface area (Å²) >= 11 is 12.2. The van der Waals surface area contributed by atoms with Crippen LogP contribution in [0.1, 0.15) is 12.0 Å². The average molecular weight is 272 g/mol. The number of esters is 1. The van der Waals surface area contributed by atoms with Crippen molar-refractivity contribution in [2.45, 2.75) is 12.8 Å². The zero-order valence-electron chi connectivity index (χ0n) is 9.22. The molecule has 2 rings (SSSR count). The van der Waals surface area contributed by atoms with Crippen molar-refractivity contribution < 1.29 is 9.53 Å². The van der Waals surface area contributed by atoms with Crippen LogP contribution in [0.4, 0.5) is 0 Å². The van der Waals surface area contributed by atoms with Gasteiger partial charge in [-0.25, -0.2) is 0 Å². The quantitative estimate of drug-likeness (QED) is 0.868. The maximum atomic E-state index is 11.1. The van der Waals surface area contributed by atoms with Crippen molar-refractivity contribution in [2.75, 3.05) is 7.11 Å². The number of aromatic nitrogens is 1. The second-order valence-corrected chi connectivity index (χ2v) is 4.48. The van der Waals surface area contributed by atoms with Gasteiger partial charge in [0.05, 0.1) is 22.7 Å².